The summed E-state index contributed by atoms with van der Waals surface area (Å²) in [6, 6.07) is 29.4. The van der Waals surface area contributed by atoms with E-state index in [0.717, 1.165) is 44.5 Å². The van der Waals surface area contributed by atoms with E-state index in [0.29, 0.717) is 11.5 Å². The van der Waals surface area contributed by atoms with Crippen molar-refractivity contribution in [1.82, 2.24) is 10.6 Å². The molecule has 0 saturated carbocycles. The number of benzene rings is 4. The van der Waals surface area contributed by atoms with Crippen LogP contribution in [0.1, 0.15) is 46.9 Å². The number of hydrogen-bond acceptors (Lipinski definition) is 7. The molecule has 0 heterocycles. The lowest BCUT2D eigenvalue weighted by atomic mass is 9.98. The molecule has 0 spiro atoms. The van der Waals surface area contributed by atoms with Gasteiger partial charge in [-0.2, -0.15) is 11.8 Å². The number of carboxylic acids is 2. The number of carbonyl (C=O) groups excluding carboxylic acids is 2. The van der Waals surface area contributed by atoms with E-state index >= 15 is 0 Å². The quantitative estimate of drug-likeness (QED) is 0.110. The van der Waals surface area contributed by atoms with Crippen LogP contribution >= 0.6 is 11.8 Å². The Labute approximate surface area is 287 Å². The van der Waals surface area contributed by atoms with E-state index in [-0.39, 0.29) is 37.9 Å². The maximum atomic E-state index is 12.6. The highest BCUT2D eigenvalue weighted by molar-refractivity contribution is 7.99. The molecule has 11 heteroatoms. The highest BCUT2D eigenvalue weighted by Gasteiger charge is 2.31. The zero-order valence-electron chi connectivity index (χ0n) is 26.5. The largest absolute Gasteiger partial charge is 0.480 e. The van der Waals surface area contributed by atoms with Gasteiger partial charge in [0, 0.05) is 11.8 Å². The number of carboxylic acid groups (broad SMARTS) is 2. The average Bonchev–Trinajstić information content (AvgIpc) is 3.61. The Morgan fingerprint density at radius 2 is 0.857 bits per heavy atom. The van der Waals surface area contributed by atoms with Gasteiger partial charge in [-0.1, -0.05) is 97.1 Å². The summed E-state index contributed by atoms with van der Waals surface area (Å²) in [7, 11) is 0. The van der Waals surface area contributed by atoms with Crippen molar-refractivity contribution in [2.24, 2.45) is 0 Å². The molecule has 4 aromatic carbocycles. The standard InChI is InChI=1S/C38H36N2O8S/c41-35(42)33(39-37(45)47-21-31-27-13-5-1-9-23(27)24-10-2-6-14-28(24)31)17-19-49-20-18-34(36(43)44)40-38(46)48-22-32-29-15-7-3-11-25(29)26-12-4-8-16-30(26)32/h1-16,31-34H,17-22H2,(H,39,45)(H,40,46)(H,41,42)(H,43,44)/t33-,34-/m0/s1. The zero-order valence-corrected chi connectivity index (χ0v) is 27.4. The van der Waals surface area contributed by atoms with Crippen molar-refractivity contribution >= 4 is 35.9 Å². The van der Waals surface area contributed by atoms with Crippen LogP contribution in [0.4, 0.5) is 9.59 Å². The van der Waals surface area contributed by atoms with Crippen molar-refractivity contribution in [1.29, 1.82) is 0 Å². The smallest absolute Gasteiger partial charge is 0.407 e. The van der Waals surface area contributed by atoms with Crippen LogP contribution in [0, 0.1) is 0 Å². The second-order valence-corrected chi connectivity index (χ2v) is 13.1. The molecule has 0 aromatic heterocycles. The first-order valence-corrected chi connectivity index (χ1v) is 17.2. The Hall–Kier alpha value is -5.29. The normalized spacial score (nSPS) is 14.0. The number of nitrogens with one attached hydrogen (secondary N) is 2. The minimum Gasteiger partial charge on any atom is -0.480 e. The Bertz CT molecular complexity index is 1640. The van der Waals surface area contributed by atoms with Crippen molar-refractivity contribution in [3.8, 4) is 22.3 Å². The first-order chi connectivity index (χ1) is 23.8. The fourth-order valence-electron chi connectivity index (χ4n) is 6.58. The van der Waals surface area contributed by atoms with Gasteiger partial charge in [-0.15, -0.1) is 0 Å². The van der Waals surface area contributed by atoms with Gasteiger partial charge in [0.05, 0.1) is 0 Å². The molecule has 4 aromatic rings. The second-order valence-electron chi connectivity index (χ2n) is 11.9. The summed E-state index contributed by atoms with van der Waals surface area (Å²) < 4.78 is 11.0. The van der Waals surface area contributed by atoms with Crippen molar-refractivity contribution in [3.05, 3.63) is 119 Å². The van der Waals surface area contributed by atoms with Gasteiger partial charge in [-0.05, 0) is 68.9 Å². The third kappa shape index (κ3) is 7.57. The van der Waals surface area contributed by atoms with E-state index in [4.69, 9.17) is 9.47 Å². The lowest BCUT2D eigenvalue weighted by molar-refractivity contribution is -0.140. The first-order valence-electron chi connectivity index (χ1n) is 16.1. The Balaban J connectivity index is 0.929. The van der Waals surface area contributed by atoms with Gasteiger partial charge in [0.15, 0.2) is 0 Å². The molecule has 4 N–H and O–H groups in total. The molecule has 2 amide bonds. The summed E-state index contributed by atoms with van der Waals surface area (Å²) in [5.74, 6) is -2.04. The van der Waals surface area contributed by atoms with Crippen molar-refractivity contribution in [2.75, 3.05) is 24.7 Å². The number of fused-ring (bicyclic) bond motifs is 6. The predicted octanol–water partition coefficient (Wildman–Crippen LogP) is 6.48. The number of aliphatic carboxylic acids is 2. The Morgan fingerprint density at radius 1 is 0.551 bits per heavy atom. The molecule has 0 radical (unpaired) electrons. The van der Waals surface area contributed by atoms with Crippen molar-refractivity contribution < 1.29 is 38.9 Å². The Kier molecular flexibility index (Phi) is 10.5. The van der Waals surface area contributed by atoms with Crippen LogP contribution in [0.25, 0.3) is 22.3 Å². The topological polar surface area (TPSA) is 151 Å². The summed E-state index contributed by atoms with van der Waals surface area (Å²) in [5, 5.41) is 24.3. The summed E-state index contributed by atoms with van der Waals surface area (Å²) in [6.45, 7) is 0.127. The number of alkyl carbamates (subject to hydrolysis) is 2. The molecule has 10 nitrogen and oxygen atoms in total. The monoisotopic (exact) mass is 680 g/mol. The van der Waals surface area contributed by atoms with Crippen LogP contribution in [-0.4, -0.2) is 71.1 Å². The van der Waals surface area contributed by atoms with Gasteiger partial charge in [-0.25, -0.2) is 19.2 Å². The third-order valence-electron chi connectivity index (χ3n) is 8.97. The molecule has 49 heavy (non-hydrogen) atoms. The molecule has 0 unspecified atom stereocenters. The first kappa shape index (κ1) is 33.6. The maximum Gasteiger partial charge on any atom is 0.407 e. The molecular formula is C38H36N2O8S. The molecule has 0 bridgehead atoms. The van der Waals surface area contributed by atoms with Gasteiger partial charge < -0.3 is 30.3 Å². The minimum atomic E-state index is -1.20. The molecule has 2 aliphatic rings. The van der Waals surface area contributed by atoms with E-state index in [1.165, 1.54) is 11.8 Å². The lowest BCUT2D eigenvalue weighted by Crippen LogP contribution is -2.42. The number of hydrogen-bond donors (Lipinski definition) is 4. The fourth-order valence-corrected chi connectivity index (χ4v) is 7.59. The number of thioether (sulfide) groups is 1. The van der Waals surface area contributed by atoms with Gasteiger partial charge >= 0.3 is 24.1 Å². The highest BCUT2D eigenvalue weighted by Crippen LogP contribution is 2.45. The number of rotatable bonds is 14. The summed E-state index contributed by atoms with van der Waals surface area (Å²) in [5.41, 5.74) is 8.56. The van der Waals surface area contributed by atoms with Gasteiger partial charge in [0.25, 0.3) is 0 Å². The molecule has 0 aliphatic heterocycles. The van der Waals surface area contributed by atoms with E-state index in [1.54, 1.807) is 0 Å². The minimum absolute atomic E-state index is 0.0637. The second kappa shape index (κ2) is 15.3. The SMILES string of the molecule is O=C(N[C@@H](CCSCC[C@H](NC(=O)OCC1c2ccccc2-c2ccccc21)C(=O)O)C(=O)O)OCC1c2ccccc2-c2ccccc21. The van der Waals surface area contributed by atoms with Crippen molar-refractivity contribution in [3.63, 3.8) is 0 Å². The summed E-state index contributed by atoms with van der Waals surface area (Å²) in [6.07, 6.45) is -1.45. The van der Waals surface area contributed by atoms with E-state index in [1.807, 2.05) is 97.1 Å². The average molecular weight is 681 g/mol. The van der Waals surface area contributed by atoms with Gasteiger partial charge in [-0.3, -0.25) is 0 Å². The van der Waals surface area contributed by atoms with E-state index in [2.05, 4.69) is 10.6 Å². The number of carbonyl (C=O) groups is 4. The molecule has 2 atom stereocenters. The highest BCUT2D eigenvalue weighted by atomic mass is 32.2. The Morgan fingerprint density at radius 3 is 1.16 bits per heavy atom. The molecule has 252 valence electrons. The van der Waals surface area contributed by atoms with Crippen LogP contribution in [0.15, 0.2) is 97.1 Å². The van der Waals surface area contributed by atoms with Crippen LogP contribution in [0.2, 0.25) is 0 Å². The van der Waals surface area contributed by atoms with Gasteiger partial charge in [0.1, 0.15) is 25.3 Å². The van der Waals surface area contributed by atoms with Crippen LogP contribution in [-0.2, 0) is 19.1 Å². The van der Waals surface area contributed by atoms with E-state index in [9.17, 15) is 29.4 Å². The van der Waals surface area contributed by atoms with E-state index < -0.39 is 36.2 Å². The lowest BCUT2D eigenvalue weighted by Gasteiger charge is -2.18. The van der Waals surface area contributed by atoms with Crippen LogP contribution in [0.5, 0.6) is 0 Å². The van der Waals surface area contributed by atoms with Crippen LogP contribution in [0.3, 0.4) is 0 Å². The molecular weight excluding hydrogens is 644 g/mol. The predicted molar refractivity (Wildman–Crippen MR) is 186 cm³/mol. The molecule has 0 saturated heterocycles. The fraction of sp³-hybridized carbons (Fsp3) is 0.263. The number of amides is 2. The van der Waals surface area contributed by atoms with Gasteiger partial charge in [0.2, 0.25) is 0 Å². The molecule has 6 rings (SSSR count). The third-order valence-corrected chi connectivity index (χ3v) is 10.0. The summed E-state index contributed by atoms with van der Waals surface area (Å²) in [4.78, 5) is 49.0. The van der Waals surface area contributed by atoms with Crippen molar-refractivity contribution in [2.45, 2.75) is 36.8 Å². The van der Waals surface area contributed by atoms with Crippen LogP contribution < -0.4 is 10.6 Å². The number of ether oxygens (including phenoxy) is 2. The zero-order chi connectivity index (χ0) is 34.3. The molecule has 2 aliphatic carbocycles. The maximum absolute atomic E-state index is 12.6. The summed E-state index contributed by atoms with van der Waals surface area (Å²) >= 11 is 1.32. The molecule has 0 fully saturated rings.